The number of nitrogens with zero attached hydrogens (tertiary/aromatic N) is 2. The number of nitrogens with one attached hydrogen (secondary N) is 1. The number of esters is 1. The topological polar surface area (TPSA) is 73.2 Å². The zero-order valence-electron chi connectivity index (χ0n) is 14.6. The fourth-order valence-corrected chi connectivity index (χ4v) is 2.65. The Kier molecular flexibility index (Phi) is 5.12. The van der Waals surface area contributed by atoms with Crippen LogP contribution in [0.3, 0.4) is 0 Å². The monoisotopic (exact) mass is 349 g/mol. The molecule has 0 aliphatic heterocycles. The lowest BCUT2D eigenvalue weighted by Gasteiger charge is -2.12. The first kappa shape index (κ1) is 17.4. The number of benzene rings is 2. The van der Waals surface area contributed by atoms with E-state index >= 15 is 0 Å². The maximum Gasteiger partial charge on any atom is 0.338 e. The Hall–Kier alpha value is -3.41. The van der Waals surface area contributed by atoms with E-state index in [9.17, 15) is 9.59 Å². The third-order valence-corrected chi connectivity index (χ3v) is 4.13. The number of methoxy groups -OCH3 is 1. The second-order valence-electron chi connectivity index (χ2n) is 5.86. The minimum Gasteiger partial charge on any atom is -0.465 e. The molecule has 1 aromatic heterocycles. The van der Waals surface area contributed by atoms with Crippen LogP contribution in [0.25, 0.3) is 0 Å². The molecule has 1 heterocycles. The molecule has 2 aromatic carbocycles. The van der Waals surface area contributed by atoms with Gasteiger partial charge in [0.2, 0.25) is 0 Å². The van der Waals surface area contributed by atoms with Crippen LogP contribution in [0.4, 0.5) is 5.69 Å². The number of carbonyl (C=O) groups is 2. The molecule has 0 saturated carbocycles. The van der Waals surface area contributed by atoms with Crippen molar-refractivity contribution in [2.45, 2.75) is 13.5 Å². The molecule has 0 radical (unpaired) electrons. The lowest BCUT2D eigenvalue weighted by Crippen LogP contribution is -2.14. The van der Waals surface area contributed by atoms with E-state index in [2.05, 4.69) is 10.3 Å². The van der Waals surface area contributed by atoms with Crippen LogP contribution in [0.15, 0.2) is 61.2 Å². The quantitative estimate of drug-likeness (QED) is 0.718. The third kappa shape index (κ3) is 3.80. The number of ether oxygens (including phenoxy) is 1. The second-order valence-corrected chi connectivity index (χ2v) is 5.86. The van der Waals surface area contributed by atoms with Gasteiger partial charge >= 0.3 is 5.97 Å². The molecule has 132 valence electrons. The summed E-state index contributed by atoms with van der Waals surface area (Å²) < 4.78 is 6.71. The maximum absolute atomic E-state index is 12.5. The van der Waals surface area contributed by atoms with Crippen molar-refractivity contribution >= 4 is 17.6 Å². The summed E-state index contributed by atoms with van der Waals surface area (Å²) in [6.07, 6.45) is 5.36. The van der Waals surface area contributed by atoms with Crippen LogP contribution >= 0.6 is 0 Å². The number of imidazole rings is 1. The number of amides is 1. The molecule has 0 atom stereocenters. The van der Waals surface area contributed by atoms with E-state index in [1.165, 1.54) is 7.11 Å². The maximum atomic E-state index is 12.5. The summed E-state index contributed by atoms with van der Waals surface area (Å²) in [4.78, 5) is 28.3. The van der Waals surface area contributed by atoms with Crippen molar-refractivity contribution in [2.75, 3.05) is 12.4 Å². The van der Waals surface area contributed by atoms with Gasteiger partial charge in [0, 0.05) is 30.2 Å². The molecule has 3 aromatic rings. The molecular formula is C20H19N3O3. The highest BCUT2D eigenvalue weighted by Gasteiger charge is 2.14. The van der Waals surface area contributed by atoms with Crippen LogP contribution in [-0.2, 0) is 11.3 Å². The Morgan fingerprint density at radius 2 is 1.92 bits per heavy atom. The van der Waals surface area contributed by atoms with Gasteiger partial charge in [-0.1, -0.05) is 18.2 Å². The minimum absolute atomic E-state index is 0.232. The zero-order chi connectivity index (χ0) is 18.5. The van der Waals surface area contributed by atoms with Gasteiger partial charge in [-0.05, 0) is 42.3 Å². The standard InChI is InChI=1S/C20H19N3O3/c1-14-17(20(25)26-2)4-3-5-18(14)22-19(24)16-8-6-15(7-9-16)12-23-11-10-21-13-23/h3-11,13H,12H2,1-2H3,(H,22,24). The summed E-state index contributed by atoms with van der Waals surface area (Å²) in [7, 11) is 1.33. The number of carbonyl (C=O) groups excluding carboxylic acids is 2. The summed E-state index contributed by atoms with van der Waals surface area (Å²) in [6.45, 7) is 2.47. The summed E-state index contributed by atoms with van der Waals surface area (Å²) in [5.41, 5.74) is 3.30. The summed E-state index contributed by atoms with van der Waals surface area (Å²) in [5.74, 6) is -0.660. The van der Waals surface area contributed by atoms with Crippen LogP contribution in [0.1, 0.15) is 31.8 Å². The van der Waals surface area contributed by atoms with Gasteiger partial charge in [0.1, 0.15) is 0 Å². The number of aromatic nitrogens is 2. The molecule has 0 unspecified atom stereocenters. The number of rotatable bonds is 5. The van der Waals surface area contributed by atoms with Crippen LogP contribution in [-0.4, -0.2) is 28.5 Å². The van der Waals surface area contributed by atoms with Crippen molar-refractivity contribution in [1.29, 1.82) is 0 Å². The van der Waals surface area contributed by atoms with E-state index in [0.29, 0.717) is 28.9 Å². The highest BCUT2D eigenvalue weighted by atomic mass is 16.5. The predicted octanol–water partition coefficient (Wildman–Crippen LogP) is 3.28. The number of hydrogen-bond donors (Lipinski definition) is 1. The molecule has 0 aliphatic rings. The average Bonchev–Trinajstić information content (AvgIpc) is 3.16. The molecular weight excluding hydrogens is 330 g/mol. The van der Waals surface area contributed by atoms with E-state index in [-0.39, 0.29) is 5.91 Å². The smallest absolute Gasteiger partial charge is 0.338 e. The minimum atomic E-state index is -0.428. The van der Waals surface area contributed by atoms with Crippen molar-refractivity contribution in [3.8, 4) is 0 Å². The van der Waals surface area contributed by atoms with Gasteiger partial charge in [0.15, 0.2) is 0 Å². The van der Waals surface area contributed by atoms with E-state index in [1.807, 2.05) is 22.9 Å². The summed E-state index contributed by atoms with van der Waals surface area (Å²) >= 11 is 0. The fraction of sp³-hybridized carbons (Fsp3) is 0.150. The zero-order valence-corrected chi connectivity index (χ0v) is 14.6. The molecule has 6 nitrogen and oxygen atoms in total. The second kappa shape index (κ2) is 7.65. The van der Waals surface area contributed by atoms with Crippen molar-refractivity contribution in [2.24, 2.45) is 0 Å². The average molecular weight is 349 g/mol. The first-order valence-electron chi connectivity index (χ1n) is 8.12. The van der Waals surface area contributed by atoms with E-state index in [4.69, 9.17) is 4.74 Å². The molecule has 0 fully saturated rings. The van der Waals surface area contributed by atoms with E-state index in [0.717, 1.165) is 5.56 Å². The first-order chi connectivity index (χ1) is 12.6. The Balaban J connectivity index is 1.73. The van der Waals surface area contributed by atoms with Gasteiger partial charge in [-0.3, -0.25) is 4.79 Å². The molecule has 3 rings (SSSR count). The van der Waals surface area contributed by atoms with Gasteiger partial charge in [0.25, 0.3) is 5.91 Å². The van der Waals surface area contributed by atoms with Crippen LogP contribution in [0.2, 0.25) is 0 Å². The highest BCUT2D eigenvalue weighted by molar-refractivity contribution is 6.05. The molecule has 6 heteroatoms. The lowest BCUT2D eigenvalue weighted by molar-refractivity contribution is 0.0599. The molecule has 0 aliphatic carbocycles. The van der Waals surface area contributed by atoms with Crippen molar-refractivity contribution in [3.05, 3.63) is 83.4 Å². The number of anilines is 1. The predicted molar refractivity (Wildman–Crippen MR) is 98.2 cm³/mol. The SMILES string of the molecule is COC(=O)c1cccc(NC(=O)c2ccc(Cn3ccnc3)cc2)c1C. The van der Waals surface area contributed by atoms with Crippen molar-refractivity contribution < 1.29 is 14.3 Å². The molecule has 1 amide bonds. The van der Waals surface area contributed by atoms with Gasteiger partial charge in [0.05, 0.1) is 19.0 Å². The number of hydrogen-bond acceptors (Lipinski definition) is 4. The van der Waals surface area contributed by atoms with Crippen LogP contribution < -0.4 is 5.32 Å². The largest absolute Gasteiger partial charge is 0.465 e. The van der Waals surface area contributed by atoms with E-state index < -0.39 is 5.97 Å². The Morgan fingerprint density at radius 1 is 1.15 bits per heavy atom. The van der Waals surface area contributed by atoms with Gasteiger partial charge < -0.3 is 14.6 Å². The van der Waals surface area contributed by atoms with Gasteiger partial charge in [-0.2, -0.15) is 0 Å². The van der Waals surface area contributed by atoms with Gasteiger partial charge in [-0.15, -0.1) is 0 Å². The summed E-state index contributed by atoms with van der Waals surface area (Å²) in [6, 6.07) is 12.5. The van der Waals surface area contributed by atoms with Crippen molar-refractivity contribution in [1.82, 2.24) is 9.55 Å². The molecule has 1 N–H and O–H groups in total. The fourth-order valence-electron chi connectivity index (χ4n) is 2.65. The first-order valence-corrected chi connectivity index (χ1v) is 8.12. The normalized spacial score (nSPS) is 10.4. The highest BCUT2D eigenvalue weighted by Crippen LogP contribution is 2.20. The van der Waals surface area contributed by atoms with E-state index in [1.54, 1.807) is 49.8 Å². The Bertz CT molecular complexity index is 916. The Morgan fingerprint density at radius 3 is 2.58 bits per heavy atom. The molecule has 0 bridgehead atoms. The third-order valence-electron chi connectivity index (χ3n) is 4.13. The Labute approximate surface area is 151 Å². The van der Waals surface area contributed by atoms with Crippen LogP contribution in [0.5, 0.6) is 0 Å². The van der Waals surface area contributed by atoms with Crippen LogP contribution in [0, 0.1) is 6.92 Å². The molecule has 0 spiro atoms. The molecule has 0 saturated heterocycles. The molecule has 26 heavy (non-hydrogen) atoms. The van der Waals surface area contributed by atoms with Gasteiger partial charge in [-0.25, -0.2) is 9.78 Å². The van der Waals surface area contributed by atoms with Crippen molar-refractivity contribution in [3.63, 3.8) is 0 Å². The lowest BCUT2D eigenvalue weighted by atomic mass is 10.1. The summed E-state index contributed by atoms with van der Waals surface area (Å²) in [5, 5.41) is 2.85.